The average Bonchev–Trinajstić information content (AvgIpc) is 2.46. The maximum absolute atomic E-state index is 12.1. The number of ether oxygens (including phenoxy) is 1. The van der Waals surface area contributed by atoms with Gasteiger partial charge < -0.3 is 4.74 Å². The van der Waals surface area contributed by atoms with Crippen LogP contribution >= 0.6 is 0 Å². The molecule has 1 heterocycles. The van der Waals surface area contributed by atoms with Gasteiger partial charge in [0.15, 0.2) is 0 Å². The number of amides is 1. The first-order valence-electron chi connectivity index (χ1n) is 5.92. The highest BCUT2D eigenvalue weighted by Gasteiger charge is 2.34. The first-order valence-corrected chi connectivity index (χ1v) is 5.92. The van der Waals surface area contributed by atoms with E-state index in [1.807, 2.05) is 48.5 Å². The largest absolute Gasteiger partial charge is 0.421 e. The summed E-state index contributed by atoms with van der Waals surface area (Å²) in [5.41, 5.74) is 4.22. The summed E-state index contributed by atoms with van der Waals surface area (Å²) in [5, 5.41) is 0. The topological polar surface area (TPSA) is 67.6 Å². The number of fused-ring (bicyclic) bond motifs is 1. The first kappa shape index (κ1) is 11.7. The number of hydrazine groups is 1. The Morgan fingerprint density at radius 1 is 1.05 bits per heavy atom. The average molecular weight is 255 g/mol. The van der Waals surface area contributed by atoms with Crippen molar-refractivity contribution >= 4 is 11.8 Å². The second kappa shape index (κ2) is 4.72. The number of anilines is 1. The van der Waals surface area contributed by atoms with Crippen LogP contribution in [0.3, 0.4) is 0 Å². The molecule has 0 radical (unpaired) electrons. The lowest BCUT2D eigenvalue weighted by Gasteiger charge is -2.35. The molecule has 0 fully saturated rings. The molecule has 1 aliphatic heterocycles. The number of nitrogens with two attached hydrogens (primary N) is 1. The lowest BCUT2D eigenvalue weighted by Crippen LogP contribution is -2.49. The third-order valence-electron chi connectivity index (χ3n) is 3.06. The van der Waals surface area contributed by atoms with Crippen molar-refractivity contribution in [2.45, 2.75) is 6.17 Å². The first-order chi connectivity index (χ1) is 9.31. The van der Waals surface area contributed by atoms with E-state index in [4.69, 9.17) is 10.6 Å². The van der Waals surface area contributed by atoms with E-state index in [1.54, 1.807) is 6.07 Å². The minimum atomic E-state index is -0.451. The molecule has 0 aromatic heterocycles. The van der Waals surface area contributed by atoms with Gasteiger partial charge in [-0.25, -0.2) is 10.2 Å². The van der Waals surface area contributed by atoms with Crippen molar-refractivity contribution in [3.05, 3.63) is 60.2 Å². The molecule has 5 heteroatoms. The Labute approximate surface area is 110 Å². The van der Waals surface area contributed by atoms with Crippen LogP contribution in [0.4, 0.5) is 10.5 Å². The van der Waals surface area contributed by atoms with E-state index in [2.05, 4.69) is 5.43 Å². The highest BCUT2D eigenvalue weighted by molar-refractivity contribution is 5.92. The zero-order valence-electron chi connectivity index (χ0n) is 10.1. The molecule has 96 valence electrons. The van der Waals surface area contributed by atoms with Crippen LogP contribution in [0.5, 0.6) is 5.75 Å². The Hall–Kier alpha value is -2.37. The third-order valence-corrected chi connectivity index (χ3v) is 3.06. The number of hydrogen-bond donors (Lipinski definition) is 2. The summed E-state index contributed by atoms with van der Waals surface area (Å²) in [4.78, 5) is 13.6. The minimum absolute atomic E-state index is 0.445. The van der Waals surface area contributed by atoms with Crippen molar-refractivity contribution in [3.63, 3.8) is 0 Å². The summed E-state index contributed by atoms with van der Waals surface area (Å²) >= 11 is 0. The predicted molar refractivity (Wildman–Crippen MR) is 71.5 cm³/mol. The number of hydrogen-bond acceptors (Lipinski definition) is 4. The zero-order valence-corrected chi connectivity index (χ0v) is 10.1. The van der Waals surface area contributed by atoms with Crippen molar-refractivity contribution in [3.8, 4) is 5.75 Å². The van der Waals surface area contributed by atoms with Crippen LogP contribution in [0, 0.1) is 0 Å². The predicted octanol–water partition coefficient (Wildman–Crippen LogP) is 2.17. The van der Waals surface area contributed by atoms with Gasteiger partial charge in [-0.05, 0) is 18.2 Å². The number of carbonyl (C=O) groups is 1. The number of rotatable bonds is 2. The Bertz CT molecular complexity index is 601. The molecule has 1 amide bonds. The van der Waals surface area contributed by atoms with E-state index in [-0.39, 0.29) is 0 Å². The van der Waals surface area contributed by atoms with Gasteiger partial charge in [0.05, 0.1) is 0 Å². The Balaban J connectivity index is 2.09. The maximum atomic E-state index is 12.1. The lowest BCUT2D eigenvalue weighted by molar-refractivity contribution is 0.196. The highest BCUT2D eigenvalue weighted by Crippen LogP contribution is 2.35. The molecule has 0 saturated carbocycles. The number of carbonyl (C=O) groups excluding carboxylic acids is 1. The van der Waals surface area contributed by atoms with E-state index >= 15 is 0 Å². The van der Waals surface area contributed by atoms with Gasteiger partial charge in [0.2, 0.25) is 0 Å². The van der Waals surface area contributed by atoms with Crippen LogP contribution in [0.2, 0.25) is 0 Å². The van der Waals surface area contributed by atoms with Crippen molar-refractivity contribution < 1.29 is 9.53 Å². The maximum Gasteiger partial charge on any atom is 0.421 e. The molecule has 3 rings (SSSR count). The molecule has 0 bridgehead atoms. The van der Waals surface area contributed by atoms with Gasteiger partial charge in [-0.1, -0.05) is 36.4 Å². The van der Waals surface area contributed by atoms with Gasteiger partial charge in [0.25, 0.3) is 0 Å². The van der Waals surface area contributed by atoms with Crippen LogP contribution < -0.4 is 20.9 Å². The summed E-state index contributed by atoms with van der Waals surface area (Å²) in [5.74, 6) is 6.14. The molecule has 2 aromatic rings. The fraction of sp³-hybridized carbons (Fsp3) is 0.0714. The molecule has 0 aliphatic carbocycles. The summed E-state index contributed by atoms with van der Waals surface area (Å²) in [6.07, 6.45) is -0.896. The molecular formula is C14H13N3O2. The lowest BCUT2D eigenvalue weighted by atomic mass is 10.1. The number of benzene rings is 2. The van der Waals surface area contributed by atoms with Gasteiger partial charge in [-0.3, -0.25) is 10.7 Å². The molecule has 5 nitrogen and oxygen atoms in total. The number of nitrogens with zero attached hydrogens (tertiary/aromatic N) is 1. The fourth-order valence-electron chi connectivity index (χ4n) is 2.19. The molecule has 0 saturated heterocycles. The molecule has 1 atom stereocenters. The molecule has 2 aromatic carbocycles. The van der Waals surface area contributed by atoms with Gasteiger partial charge in [0, 0.05) is 11.3 Å². The van der Waals surface area contributed by atoms with Crippen LogP contribution in [0.25, 0.3) is 0 Å². The second-order valence-electron chi connectivity index (χ2n) is 4.18. The van der Waals surface area contributed by atoms with Crippen LogP contribution in [0.15, 0.2) is 54.6 Å². The second-order valence-corrected chi connectivity index (χ2v) is 4.18. The van der Waals surface area contributed by atoms with Crippen LogP contribution in [0.1, 0.15) is 11.7 Å². The smallest absolute Gasteiger partial charge is 0.409 e. The van der Waals surface area contributed by atoms with Crippen molar-refractivity contribution in [2.24, 2.45) is 5.84 Å². The van der Waals surface area contributed by atoms with E-state index in [0.717, 1.165) is 11.3 Å². The summed E-state index contributed by atoms with van der Waals surface area (Å²) < 4.78 is 5.32. The zero-order chi connectivity index (χ0) is 13.2. The quantitative estimate of drug-likeness (QED) is 0.637. The summed E-state index contributed by atoms with van der Waals surface area (Å²) in [6, 6.07) is 16.6. The molecule has 1 aliphatic rings. The van der Waals surface area contributed by atoms with Crippen LogP contribution in [-0.2, 0) is 0 Å². The van der Waals surface area contributed by atoms with Crippen molar-refractivity contribution in [1.82, 2.24) is 5.43 Å². The van der Waals surface area contributed by atoms with Gasteiger partial charge in [-0.15, -0.1) is 0 Å². The standard InChI is InChI=1S/C14H13N3O2/c15-16-13-11-8-4-5-9-12(11)19-14(18)17(13)10-6-2-1-3-7-10/h1-9,13,16H,15H2. The summed E-state index contributed by atoms with van der Waals surface area (Å²) in [6.45, 7) is 0. The van der Waals surface area contributed by atoms with E-state index < -0.39 is 12.3 Å². The van der Waals surface area contributed by atoms with Gasteiger partial charge >= 0.3 is 6.09 Å². The normalized spacial score (nSPS) is 17.8. The molecule has 1 unspecified atom stereocenters. The van der Waals surface area contributed by atoms with Crippen molar-refractivity contribution in [1.29, 1.82) is 0 Å². The van der Waals surface area contributed by atoms with Crippen molar-refractivity contribution in [2.75, 3.05) is 4.90 Å². The number of nitrogens with one attached hydrogen (secondary N) is 1. The SMILES string of the molecule is NNC1c2ccccc2OC(=O)N1c1ccccc1. The molecular weight excluding hydrogens is 242 g/mol. The summed E-state index contributed by atoms with van der Waals surface area (Å²) in [7, 11) is 0. The highest BCUT2D eigenvalue weighted by atomic mass is 16.6. The van der Waals surface area contributed by atoms with E-state index in [0.29, 0.717) is 5.75 Å². The van der Waals surface area contributed by atoms with Crippen LogP contribution in [-0.4, -0.2) is 6.09 Å². The number of para-hydroxylation sites is 2. The van der Waals surface area contributed by atoms with Gasteiger partial charge in [-0.2, -0.15) is 0 Å². The van der Waals surface area contributed by atoms with E-state index in [9.17, 15) is 4.79 Å². The monoisotopic (exact) mass is 255 g/mol. The molecule has 19 heavy (non-hydrogen) atoms. The molecule has 3 N–H and O–H groups in total. The Kier molecular flexibility index (Phi) is 2.91. The Morgan fingerprint density at radius 2 is 1.74 bits per heavy atom. The molecule has 0 spiro atoms. The van der Waals surface area contributed by atoms with Gasteiger partial charge in [0.1, 0.15) is 11.9 Å². The Morgan fingerprint density at radius 3 is 2.47 bits per heavy atom. The van der Waals surface area contributed by atoms with E-state index in [1.165, 1.54) is 4.90 Å². The third kappa shape index (κ3) is 1.95. The minimum Gasteiger partial charge on any atom is -0.409 e. The fourth-order valence-corrected chi connectivity index (χ4v) is 2.19.